The van der Waals surface area contributed by atoms with Crippen LogP contribution in [0.1, 0.15) is 30.3 Å². The Morgan fingerprint density at radius 2 is 2.15 bits per heavy atom. The van der Waals surface area contributed by atoms with Gasteiger partial charge in [0.1, 0.15) is 11.6 Å². The van der Waals surface area contributed by atoms with E-state index in [4.69, 9.17) is 0 Å². The van der Waals surface area contributed by atoms with E-state index in [9.17, 15) is 14.0 Å². The molecule has 0 saturated heterocycles. The van der Waals surface area contributed by atoms with Crippen LogP contribution >= 0.6 is 11.8 Å². The maximum atomic E-state index is 13.6. The predicted molar refractivity (Wildman–Crippen MR) is 103 cm³/mol. The molecule has 1 amide bonds. The molecule has 0 bridgehead atoms. The second-order valence-electron chi connectivity index (χ2n) is 6.47. The summed E-state index contributed by atoms with van der Waals surface area (Å²) in [7, 11) is 0. The van der Waals surface area contributed by atoms with Crippen LogP contribution in [0.4, 0.5) is 4.39 Å². The van der Waals surface area contributed by atoms with Crippen molar-refractivity contribution < 1.29 is 9.18 Å². The van der Waals surface area contributed by atoms with Crippen molar-refractivity contribution in [3.8, 4) is 0 Å². The summed E-state index contributed by atoms with van der Waals surface area (Å²) in [5.74, 6) is 0.925. The van der Waals surface area contributed by atoms with Gasteiger partial charge in [-0.05, 0) is 42.3 Å². The number of nitrogens with one attached hydrogen (secondary N) is 2. The number of hydrogen-bond acceptors (Lipinski definition) is 4. The largest absolute Gasteiger partial charge is 0.349 e. The van der Waals surface area contributed by atoms with Crippen LogP contribution in [0, 0.1) is 5.82 Å². The smallest absolute Gasteiger partial charge is 0.258 e. The van der Waals surface area contributed by atoms with Crippen molar-refractivity contribution in [2.24, 2.45) is 0 Å². The molecule has 3 aromatic rings. The fourth-order valence-corrected chi connectivity index (χ4v) is 4.37. The van der Waals surface area contributed by atoms with Crippen molar-refractivity contribution in [2.45, 2.75) is 30.2 Å². The number of carbonyl (C=O) groups excluding carboxylic acids is 1. The Labute approximate surface area is 159 Å². The molecule has 27 heavy (non-hydrogen) atoms. The zero-order chi connectivity index (χ0) is 18.8. The number of carbonyl (C=O) groups is 1. The summed E-state index contributed by atoms with van der Waals surface area (Å²) in [6, 6.07) is 11.6. The van der Waals surface area contributed by atoms with Gasteiger partial charge >= 0.3 is 0 Å². The van der Waals surface area contributed by atoms with Gasteiger partial charge in [0.2, 0.25) is 5.91 Å². The van der Waals surface area contributed by atoms with Crippen LogP contribution in [0.5, 0.6) is 0 Å². The van der Waals surface area contributed by atoms with Crippen molar-refractivity contribution in [3.05, 3.63) is 70.0 Å². The first-order chi connectivity index (χ1) is 13.1. The summed E-state index contributed by atoms with van der Waals surface area (Å²) >= 11 is 1.67. The minimum absolute atomic E-state index is 0.141. The third-order valence-electron chi connectivity index (χ3n) is 4.60. The average molecular weight is 383 g/mol. The number of nitrogens with zero attached hydrogens (tertiary/aromatic N) is 1. The standard InChI is InChI=1S/C20H18FN3O2S/c21-12-5-6-17-14(11-12)16(9-10-27-17)23-19(25)8-7-18-22-15-4-2-1-3-13(15)20(26)24-18/h1-6,11,16H,7-10H2,(H,23,25)(H,22,24,26). The van der Waals surface area contributed by atoms with Crippen molar-refractivity contribution in [2.75, 3.05) is 5.75 Å². The van der Waals surface area contributed by atoms with Gasteiger partial charge in [-0.2, -0.15) is 0 Å². The molecule has 0 fully saturated rings. The second kappa shape index (κ2) is 7.52. The van der Waals surface area contributed by atoms with Crippen LogP contribution in [0.15, 0.2) is 52.2 Å². The lowest BCUT2D eigenvalue weighted by Crippen LogP contribution is -2.31. The lowest BCUT2D eigenvalue weighted by Gasteiger charge is -2.26. The number of aromatic amines is 1. The van der Waals surface area contributed by atoms with Crippen LogP contribution < -0.4 is 10.9 Å². The average Bonchev–Trinajstić information content (AvgIpc) is 2.67. The number of H-pyrrole nitrogens is 1. The number of benzene rings is 2. The SMILES string of the molecule is O=C(CCc1nc2ccccc2c(=O)[nH]1)NC1CCSc2ccc(F)cc21. The molecule has 2 N–H and O–H groups in total. The van der Waals surface area contributed by atoms with E-state index in [2.05, 4.69) is 15.3 Å². The van der Waals surface area contributed by atoms with Gasteiger partial charge in [-0.1, -0.05) is 12.1 Å². The molecular formula is C20H18FN3O2S. The summed E-state index contributed by atoms with van der Waals surface area (Å²) in [6.07, 6.45) is 1.30. The highest BCUT2D eigenvalue weighted by atomic mass is 32.2. The van der Waals surface area contributed by atoms with Gasteiger partial charge in [0.25, 0.3) is 5.56 Å². The third kappa shape index (κ3) is 3.88. The number of aromatic nitrogens is 2. The Balaban J connectivity index is 1.44. The number of para-hydroxylation sites is 1. The minimum atomic E-state index is -0.298. The molecule has 2 heterocycles. The highest BCUT2D eigenvalue weighted by molar-refractivity contribution is 7.99. The van der Waals surface area contributed by atoms with Crippen molar-refractivity contribution >= 4 is 28.6 Å². The van der Waals surface area contributed by atoms with Gasteiger partial charge in [0, 0.05) is 23.5 Å². The molecule has 5 nitrogen and oxygen atoms in total. The number of aryl methyl sites for hydroxylation is 1. The Morgan fingerprint density at radius 3 is 3.04 bits per heavy atom. The van der Waals surface area contributed by atoms with Gasteiger partial charge in [0.05, 0.1) is 16.9 Å². The maximum absolute atomic E-state index is 13.6. The number of halogens is 1. The van der Waals surface area contributed by atoms with Crippen molar-refractivity contribution in [1.29, 1.82) is 0 Å². The molecule has 138 valence electrons. The lowest BCUT2D eigenvalue weighted by molar-refractivity contribution is -0.121. The molecule has 0 aliphatic carbocycles. The van der Waals surface area contributed by atoms with E-state index >= 15 is 0 Å². The normalized spacial score (nSPS) is 16.1. The van der Waals surface area contributed by atoms with E-state index in [1.807, 2.05) is 6.07 Å². The van der Waals surface area contributed by atoms with E-state index in [0.717, 1.165) is 22.6 Å². The molecule has 2 aromatic carbocycles. The molecule has 0 radical (unpaired) electrons. The Kier molecular flexibility index (Phi) is 4.94. The molecular weight excluding hydrogens is 365 g/mol. The number of thioether (sulfide) groups is 1. The van der Waals surface area contributed by atoms with Gasteiger partial charge in [-0.25, -0.2) is 9.37 Å². The number of hydrogen-bond donors (Lipinski definition) is 2. The van der Waals surface area contributed by atoms with E-state index in [0.29, 0.717) is 23.1 Å². The minimum Gasteiger partial charge on any atom is -0.349 e. The highest BCUT2D eigenvalue weighted by Gasteiger charge is 2.22. The summed E-state index contributed by atoms with van der Waals surface area (Å²) in [5, 5.41) is 3.52. The fraction of sp³-hybridized carbons (Fsp3) is 0.250. The first kappa shape index (κ1) is 17.7. The first-order valence-electron chi connectivity index (χ1n) is 8.80. The molecule has 1 aliphatic rings. The molecule has 4 rings (SSSR count). The monoisotopic (exact) mass is 383 g/mol. The lowest BCUT2D eigenvalue weighted by atomic mass is 10.0. The zero-order valence-corrected chi connectivity index (χ0v) is 15.3. The molecule has 1 aliphatic heterocycles. The van der Waals surface area contributed by atoms with Gasteiger partial charge in [-0.3, -0.25) is 9.59 Å². The van der Waals surface area contributed by atoms with Crippen LogP contribution in [-0.4, -0.2) is 21.6 Å². The predicted octanol–water partition coefficient (Wildman–Crippen LogP) is 3.35. The number of rotatable bonds is 4. The molecule has 1 atom stereocenters. The third-order valence-corrected chi connectivity index (χ3v) is 5.72. The van der Waals surface area contributed by atoms with Gasteiger partial charge in [-0.15, -0.1) is 11.8 Å². The summed E-state index contributed by atoms with van der Waals surface area (Å²) in [6.45, 7) is 0. The summed E-state index contributed by atoms with van der Waals surface area (Å²) in [5.41, 5.74) is 1.24. The topological polar surface area (TPSA) is 74.8 Å². The van der Waals surface area contributed by atoms with Gasteiger partial charge in [0.15, 0.2) is 0 Å². The summed E-state index contributed by atoms with van der Waals surface area (Å²) in [4.78, 5) is 32.6. The molecule has 0 saturated carbocycles. The van der Waals surface area contributed by atoms with E-state index < -0.39 is 0 Å². The Morgan fingerprint density at radius 1 is 1.30 bits per heavy atom. The molecule has 7 heteroatoms. The van der Waals surface area contributed by atoms with Crippen molar-refractivity contribution in [1.82, 2.24) is 15.3 Å². The number of fused-ring (bicyclic) bond motifs is 2. The summed E-state index contributed by atoms with van der Waals surface area (Å²) < 4.78 is 13.6. The maximum Gasteiger partial charge on any atom is 0.258 e. The first-order valence-corrected chi connectivity index (χ1v) is 9.78. The Bertz CT molecular complexity index is 1070. The van der Waals surface area contributed by atoms with E-state index in [-0.39, 0.29) is 29.7 Å². The van der Waals surface area contributed by atoms with Crippen molar-refractivity contribution in [3.63, 3.8) is 0 Å². The molecule has 1 aromatic heterocycles. The van der Waals surface area contributed by atoms with Crippen LogP contribution in [-0.2, 0) is 11.2 Å². The highest BCUT2D eigenvalue weighted by Crippen LogP contribution is 2.36. The van der Waals surface area contributed by atoms with Crippen LogP contribution in [0.2, 0.25) is 0 Å². The quantitative estimate of drug-likeness (QED) is 0.725. The molecule has 0 spiro atoms. The van der Waals surface area contributed by atoms with Crippen LogP contribution in [0.3, 0.4) is 0 Å². The Hall–Kier alpha value is -2.67. The number of amides is 1. The molecule has 1 unspecified atom stereocenters. The van der Waals surface area contributed by atoms with E-state index in [1.54, 1.807) is 36.0 Å². The van der Waals surface area contributed by atoms with Gasteiger partial charge < -0.3 is 10.3 Å². The van der Waals surface area contributed by atoms with Crippen LogP contribution in [0.25, 0.3) is 10.9 Å². The second-order valence-corrected chi connectivity index (χ2v) is 7.61. The zero-order valence-electron chi connectivity index (χ0n) is 14.5. The fourth-order valence-electron chi connectivity index (χ4n) is 3.27. The van der Waals surface area contributed by atoms with E-state index in [1.165, 1.54) is 12.1 Å².